The predicted octanol–water partition coefficient (Wildman–Crippen LogP) is 15.1. The Bertz CT molecular complexity index is 3030. The largest absolute Gasteiger partial charge is 0.314 e. The Labute approximate surface area is 338 Å². The molecule has 0 saturated carbocycles. The van der Waals surface area contributed by atoms with Crippen molar-refractivity contribution in [1.82, 2.24) is 4.57 Å². The van der Waals surface area contributed by atoms with Crippen LogP contribution >= 0.6 is 11.3 Å². The van der Waals surface area contributed by atoms with Crippen LogP contribution in [0.25, 0.3) is 64.7 Å². The molecule has 7 aromatic carbocycles. The molecule has 9 aromatic rings. The third kappa shape index (κ3) is 5.44. The zero-order valence-corrected chi connectivity index (χ0v) is 33.2. The van der Waals surface area contributed by atoms with Gasteiger partial charge in [-0.25, -0.2) is 0 Å². The van der Waals surface area contributed by atoms with Crippen molar-refractivity contribution >= 4 is 60.2 Å². The van der Waals surface area contributed by atoms with E-state index in [-0.39, 0.29) is 5.41 Å². The third-order valence-corrected chi connectivity index (χ3v) is 13.6. The van der Waals surface area contributed by atoms with Gasteiger partial charge in [0.15, 0.2) is 0 Å². The SMILES string of the molecule is CC1CC2=C(C=C1N(c1ccc(-c3ccc4c(c3)c3ccccc3n4-c3ccccc3)cc1)c1ccc(-c3cc4ccccc4s3)cc1)C(C)(C)c1ccccc12. The molecule has 2 aliphatic carbocycles. The number of rotatable bonds is 6. The molecule has 57 heavy (non-hydrogen) atoms. The Balaban J connectivity index is 1.01. The van der Waals surface area contributed by atoms with E-state index in [1.165, 1.54) is 98.5 Å². The summed E-state index contributed by atoms with van der Waals surface area (Å²) in [7, 11) is 0. The van der Waals surface area contributed by atoms with Crippen LogP contribution in [0.4, 0.5) is 11.4 Å². The normalized spacial score (nSPS) is 15.9. The molecular weight excluding hydrogens is 709 g/mol. The van der Waals surface area contributed by atoms with Crippen molar-refractivity contribution in [3.63, 3.8) is 0 Å². The number of allylic oxidation sites excluding steroid dienone is 4. The van der Waals surface area contributed by atoms with Gasteiger partial charge in [-0.2, -0.15) is 0 Å². The number of anilines is 2. The number of benzene rings is 7. The Morgan fingerprint density at radius 3 is 2.04 bits per heavy atom. The van der Waals surface area contributed by atoms with Crippen molar-refractivity contribution in [2.45, 2.75) is 32.6 Å². The molecule has 1 atom stereocenters. The molecule has 0 amide bonds. The van der Waals surface area contributed by atoms with Crippen LogP contribution < -0.4 is 4.90 Å². The Morgan fingerprint density at radius 2 is 1.25 bits per heavy atom. The summed E-state index contributed by atoms with van der Waals surface area (Å²) in [5.74, 6) is 0.331. The summed E-state index contributed by atoms with van der Waals surface area (Å²) >= 11 is 1.86. The first-order valence-electron chi connectivity index (χ1n) is 20.1. The first-order chi connectivity index (χ1) is 27.9. The minimum absolute atomic E-state index is 0.0554. The fraction of sp³-hybridized carbons (Fsp3) is 0.111. The summed E-state index contributed by atoms with van der Waals surface area (Å²) in [6.45, 7) is 7.19. The van der Waals surface area contributed by atoms with Crippen LogP contribution in [0, 0.1) is 5.92 Å². The van der Waals surface area contributed by atoms with Crippen LogP contribution in [0.1, 0.15) is 38.3 Å². The summed E-state index contributed by atoms with van der Waals surface area (Å²) in [5, 5.41) is 3.83. The number of nitrogens with zero attached hydrogens (tertiary/aromatic N) is 2. The van der Waals surface area contributed by atoms with Crippen molar-refractivity contribution in [1.29, 1.82) is 0 Å². The van der Waals surface area contributed by atoms with Gasteiger partial charge in [0.25, 0.3) is 0 Å². The van der Waals surface area contributed by atoms with Crippen molar-refractivity contribution in [2.75, 3.05) is 4.90 Å². The third-order valence-electron chi connectivity index (χ3n) is 12.5. The maximum atomic E-state index is 2.52. The van der Waals surface area contributed by atoms with Crippen LogP contribution in [0.3, 0.4) is 0 Å². The van der Waals surface area contributed by atoms with Crippen molar-refractivity contribution in [2.24, 2.45) is 5.92 Å². The minimum Gasteiger partial charge on any atom is -0.314 e. The van der Waals surface area contributed by atoms with E-state index in [1.54, 1.807) is 0 Å². The highest BCUT2D eigenvalue weighted by Gasteiger charge is 2.40. The van der Waals surface area contributed by atoms with E-state index in [9.17, 15) is 0 Å². The van der Waals surface area contributed by atoms with Gasteiger partial charge in [0, 0.05) is 54.4 Å². The van der Waals surface area contributed by atoms with Gasteiger partial charge >= 0.3 is 0 Å². The van der Waals surface area contributed by atoms with Gasteiger partial charge in [0.1, 0.15) is 0 Å². The Kier molecular flexibility index (Phi) is 7.77. The number of para-hydroxylation sites is 2. The molecule has 11 rings (SSSR count). The highest BCUT2D eigenvalue weighted by Crippen LogP contribution is 2.53. The van der Waals surface area contributed by atoms with Crippen LogP contribution in [0.2, 0.25) is 0 Å². The average molecular weight is 751 g/mol. The molecule has 0 radical (unpaired) electrons. The average Bonchev–Trinajstić information content (AvgIpc) is 3.90. The lowest BCUT2D eigenvalue weighted by molar-refractivity contribution is 0.627. The van der Waals surface area contributed by atoms with E-state index >= 15 is 0 Å². The van der Waals surface area contributed by atoms with Gasteiger partial charge in [-0.05, 0) is 124 Å². The molecule has 0 N–H and O–H groups in total. The van der Waals surface area contributed by atoms with Crippen LogP contribution in [0.15, 0.2) is 193 Å². The Morgan fingerprint density at radius 1 is 0.596 bits per heavy atom. The number of aromatic nitrogens is 1. The second-order valence-corrected chi connectivity index (χ2v) is 17.3. The highest BCUT2D eigenvalue weighted by molar-refractivity contribution is 7.22. The van der Waals surface area contributed by atoms with Crippen molar-refractivity contribution in [3.8, 4) is 27.3 Å². The predicted molar refractivity (Wildman–Crippen MR) is 244 cm³/mol. The van der Waals surface area contributed by atoms with Crippen molar-refractivity contribution < 1.29 is 0 Å². The Hall–Kier alpha value is -6.42. The van der Waals surface area contributed by atoms with Gasteiger partial charge in [-0.1, -0.05) is 130 Å². The molecular formula is C54H42N2S. The quantitative estimate of drug-likeness (QED) is 0.164. The molecule has 0 spiro atoms. The van der Waals surface area contributed by atoms with Crippen LogP contribution in [0.5, 0.6) is 0 Å². The molecule has 2 nitrogen and oxygen atoms in total. The smallest absolute Gasteiger partial charge is 0.0541 e. The lowest BCUT2D eigenvalue weighted by Gasteiger charge is -2.36. The molecule has 2 heterocycles. The standard InChI is InChI=1S/C54H42N2S/c1-35-31-45-43-16-8-10-18-47(43)54(2,3)48(45)34-51(35)55(42-28-23-37(24-29-42)53-33-39-13-7-12-20-52(39)57-53)41-26-21-36(22-27-41)38-25-30-50-46(32-38)44-17-9-11-19-49(44)56(50)40-14-5-4-6-15-40/h4-30,32-35H,31H2,1-3H3. The fourth-order valence-corrected chi connectivity index (χ4v) is 10.7. The fourth-order valence-electron chi connectivity index (χ4n) is 9.59. The summed E-state index contributed by atoms with van der Waals surface area (Å²) < 4.78 is 3.70. The summed E-state index contributed by atoms with van der Waals surface area (Å²) in [6, 6.07) is 64.9. The summed E-state index contributed by atoms with van der Waals surface area (Å²) in [6.07, 6.45) is 3.54. The monoisotopic (exact) mass is 750 g/mol. The van der Waals surface area contributed by atoms with E-state index in [1.807, 2.05) is 11.3 Å². The number of fused-ring (bicyclic) bond motifs is 6. The molecule has 2 aliphatic rings. The molecule has 0 saturated heterocycles. The van der Waals surface area contributed by atoms with Gasteiger partial charge in [0.2, 0.25) is 0 Å². The molecule has 0 aliphatic heterocycles. The number of thiophene rings is 1. The maximum absolute atomic E-state index is 2.52. The van der Waals surface area contributed by atoms with Gasteiger partial charge in [0.05, 0.1) is 11.0 Å². The number of hydrogen-bond acceptors (Lipinski definition) is 2. The first-order valence-corrected chi connectivity index (χ1v) is 20.9. The zero-order chi connectivity index (χ0) is 38.3. The molecule has 274 valence electrons. The molecule has 0 bridgehead atoms. The summed E-state index contributed by atoms with van der Waals surface area (Å²) in [4.78, 5) is 3.82. The zero-order valence-electron chi connectivity index (χ0n) is 32.4. The first kappa shape index (κ1) is 33.9. The van der Waals surface area contributed by atoms with E-state index in [4.69, 9.17) is 0 Å². The lowest BCUT2D eigenvalue weighted by atomic mass is 9.78. The molecule has 3 heteroatoms. The molecule has 0 fully saturated rings. The maximum Gasteiger partial charge on any atom is 0.0541 e. The van der Waals surface area contributed by atoms with E-state index in [0.29, 0.717) is 5.92 Å². The van der Waals surface area contributed by atoms with Crippen LogP contribution in [-0.2, 0) is 5.41 Å². The van der Waals surface area contributed by atoms with E-state index in [2.05, 4.69) is 212 Å². The van der Waals surface area contributed by atoms with Crippen LogP contribution in [-0.4, -0.2) is 4.57 Å². The second kappa shape index (κ2) is 13.1. The van der Waals surface area contributed by atoms with Crippen molar-refractivity contribution in [3.05, 3.63) is 204 Å². The minimum atomic E-state index is -0.0554. The van der Waals surface area contributed by atoms with E-state index in [0.717, 1.165) is 6.42 Å². The highest BCUT2D eigenvalue weighted by atomic mass is 32.1. The van der Waals surface area contributed by atoms with Gasteiger partial charge < -0.3 is 9.47 Å². The van der Waals surface area contributed by atoms with E-state index < -0.39 is 0 Å². The lowest BCUT2D eigenvalue weighted by Crippen LogP contribution is -2.26. The molecule has 1 unspecified atom stereocenters. The topological polar surface area (TPSA) is 8.17 Å². The van der Waals surface area contributed by atoms with Gasteiger partial charge in [-0.15, -0.1) is 11.3 Å². The second-order valence-electron chi connectivity index (χ2n) is 16.2. The van der Waals surface area contributed by atoms with Gasteiger partial charge in [-0.3, -0.25) is 0 Å². The number of hydrogen-bond donors (Lipinski definition) is 0. The molecule has 2 aromatic heterocycles. The summed E-state index contributed by atoms with van der Waals surface area (Å²) in [5.41, 5.74) is 16.7.